The Morgan fingerprint density at radius 2 is 2.16 bits per heavy atom. The van der Waals surface area contributed by atoms with Crippen molar-refractivity contribution in [3.8, 4) is 11.5 Å². The Hall–Kier alpha value is -0.970. The van der Waals surface area contributed by atoms with Gasteiger partial charge in [-0.05, 0) is 24.2 Å². The Morgan fingerprint density at radius 3 is 2.74 bits per heavy atom. The smallest absolute Gasteiger partial charge is 0.179 e. The van der Waals surface area contributed by atoms with Gasteiger partial charge < -0.3 is 19.9 Å². The molecule has 1 rings (SSSR count). The average Bonchev–Trinajstić information content (AvgIpc) is 2.42. The number of benzene rings is 1. The summed E-state index contributed by atoms with van der Waals surface area (Å²) in [6, 6.07) is 3.78. The highest BCUT2D eigenvalue weighted by molar-refractivity contribution is 6.32. The lowest BCUT2D eigenvalue weighted by Crippen LogP contribution is -2.14. The molecule has 0 aliphatic rings. The first-order chi connectivity index (χ1) is 9.12. The number of ether oxygens (including phenoxy) is 2. The standard InChI is InChI=1S/C14H22ClNO3/c1-4-16-7-11-5-12(15)14(13(6-11)18-3)19-9-10(2)8-17/h5-6,10,16-17H,4,7-9H2,1-3H3. The van der Waals surface area contributed by atoms with E-state index in [1.165, 1.54) is 0 Å². The Labute approximate surface area is 119 Å². The van der Waals surface area contributed by atoms with E-state index in [4.69, 9.17) is 26.2 Å². The third-order valence-corrected chi connectivity index (χ3v) is 2.97. The first-order valence-corrected chi connectivity index (χ1v) is 6.80. The van der Waals surface area contributed by atoms with Crippen molar-refractivity contribution in [2.24, 2.45) is 5.92 Å². The fourth-order valence-electron chi connectivity index (χ4n) is 1.56. The highest BCUT2D eigenvalue weighted by Gasteiger charge is 2.13. The maximum atomic E-state index is 9.00. The highest BCUT2D eigenvalue weighted by atomic mass is 35.5. The molecule has 0 saturated heterocycles. The molecule has 0 spiro atoms. The molecule has 4 nitrogen and oxygen atoms in total. The lowest BCUT2D eigenvalue weighted by molar-refractivity contribution is 0.171. The van der Waals surface area contributed by atoms with E-state index in [0.717, 1.165) is 18.7 Å². The topological polar surface area (TPSA) is 50.7 Å². The molecule has 0 bridgehead atoms. The van der Waals surface area contributed by atoms with Gasteiger partial charge in [-0.1, -0.05) is 25.4 Å². The molecule has 0 heterocycles. The van der Waals surface area contributed by atoms with Gasteiger partial charge >= 0.3 is 0 Å². The van der Waals surface area contributed by atoms with E-state index in [-0.39, 0.29) is 12.5 Å². The molecule has 1 aromatic carbocycles. The van der Waals surface area contributed by atoms with Crippen LogP contribution in [0.3, 0.4) is 0 Å². The van der Waals surface area contributed by atoms with Crippen LogP contribution in [0.1, 0.15) is 19.4 Å². The number of hydrogen-bond acceptors (Lipinski definition) is 4. The summed E-state index contributed by atoms with van der Waals surface area (Å²) < 4.78 is 10.9. The van der Waals surface area contributed by atoms with E-state index in [1.807, 2.05) is 26.0 Å². The van der Waals surface area contributed by atoms with Gasteiger partial charge in [-0.15, -0.1) is 0 Å². The number of methoxy groups -OCH3 is 1. The van der Waals surface area contributed by atoms with Gasteiger partial charge in [-0.25, -0.2) is 0 Å². The summed E-state index contributed by atoms with van der Waals surface area (Å²) in [6.45, 7) is 6.07. The molecule has 0 amide bonds. The maximum absolute atomic E-state index is 9.00. The Morgan fingerprint density at radius 1 is 1.42 bits per heavy atom. The summed E-state index contributed by atoms with van der Waals surface area (Å²) in [7, 11) is 1.59. The SMILES string of the molecule is CCNCc1cc(Cl)c(OCC(C)CO)c(OC)c1. The molecule has 0 aliphatic carbocycles. The van der Waals surface area contributed by atoms with Crippen molar-refractivity contribution in [2.45, 2.75) is 20.4 Å². The van der Waals surface area contributed by atoms with Crippen LogP contribution in [0.2, 0.25) is 5.02 Å². The predicted molar refractivity (Wildman–Crippen MR) is 77.1 cm³/mol. The van der Waals surface area contributed by atoms with Crippen LogP contribution < -0.4 is 14.8 Å². The van der Waals surface area contributed by atoms with Gasteiger partial charge in [0.15, 0.2) is 11.5 Å². The molecule has 108 valence electrons. The van der Waals surface area contributed by atoms with Crippen LogP contribution in [0, 0.1) is 5.92 Å². The molecule has 2 N–H and O–H groups in total. The number of aliphatic hydroxyl groups is 1. The van der Waals surface area contributed by atoms with Crippen LogP contribution in [0.4, 0.5) is 0 Å². The molecule has 1 aromatic rings. The minimum Gasteiger partial charge on any atom is -0.493 e. The van der Waals surface area contributed by atoms with Crippen LogP contribution in [-0.4, -0.2) is 32.0 Å². The van der Waals surface area contributed by atoms with Gasteiger partial charge in [0.25, 0.3) is 0 Å². The normalized spacial score (nSPS) is 12.3. The van der Waals surface area contributed by atoms with Crippen LogP contribution in [0.5, 0.6) is 11.5 Å². The van der Waals surface area contributed by atoms with E-state index < -0.39 is 0 Å². The van der Waals surface area contributed by atoms with Gasteiger partial charge in [0, 0.05) is 19.1 Å². The lowest BCUT2D eigenvalue weighted by atomic mass is 10.2. The van der Waals surface area contributed by atoms with Crippen LogP contribution in [0.15, 0.2) is 12.1 Å². The molecule has 5 heteroatoms. The van der Waals surface area contributed by atoms with Crippen molar-refractivity contribution < 1.29 is 14.6 Å². The van der Waals surface area contributed by atoms with Gasteiger partial charge in [0.2, 0.25) is 0 Å². The molecule has 1 unspecified atom stereocenters. The van der Waals surface area contributed by atoms with E-state index in [9.17, 15) is 0 Å². The summed E-state index contributed by atoms with van der Waals surface area (Å²) >= 11 is 6.22. The van der Waals surface area contributed by atoms with E-state index >= 15 is 0 Å². The van der Waals surface area contributed by atoms with E-state index in [2.05, 4.69) is 5.32 Å². The summed E-state index contributed by atoms with van der Waals surface area (Å²) in [5.74, 6) is 1.21. The molecular weight excluding hydrogens is 266 g/mol. The zero-order chi connectivity index (χ0) is 14.3. The third-order valence-electron chi connectivity index (χ3n) is 2.69. The average molecular weight is 288 g/mol. The lowest BCUT2D eigenvalue weighted by Gasteiger charge is -2.16. The maximum Gasteiger partial charge on any atom is 0.179 e. The first kappa shape index (κ1) is 16.1. The Kier molecular flexibility index (Phi) is 6.99. The Balaban J connectivity index is 2.85. The molecule has 0 saturated carbocycles. The van der Waals surface area contributed by atoms with E-state index in [1.54, 1.807) is 7.11 Å². The first-order valence-electron chi connectivity index (χ1n) is 6.43. The minimum absolute atomic E-state index is 0.0576. The summed E-state index contributed by atoms with van der Waals surface area (Å²) in [5, 5.41) is 12.8. The zero-order valence-electron chi connectivity index (χ0n) is 11.7. The van der Waals surface area contributed by atoms with Crippen molar-refractivity contribution >= 4 is 11.6 Å². The number of nitrogens with one attached hydrogen (secondary N) is 1. The van der Waals surface area contributed by atoms with E-state index in [0.29, 0.717) is 23.1 Å². The fraction of sp³-hybridized carbons (Fsp3) is 0.571. The van der Waals surface area contributed by atoms with Crippen molar-refractivity contribution in [1.82, 2.24) is 5.32 Å². The Bertz CT molecular complexity index is 399. The van der Waals surface area contributed by atoms with Crippen molar-refractivity contribution in [2.75, 3.05) is 26.9 Å². The second-order valence-electron chi connectivity index (χ2n) is 4.49. The number of hydrogen-bond donors (Lipinski definition) is 2. The van der Waals surface area contributed by atoms with Crippen LogP contribution in [0.25, 0.3) is 0 Å². The second-order valence-corrected chi connectivity index (χ2v) is 4.90. The van der Waals surface area contributed by atoms with Crippen LogP contribution >= 0.6 is 11.6 Å². The second kappa shape index (κ2) is 8.25. The molecule has 0 radical (unpaired) electrons. The molecule has 0 fully saturated rings. The minimum atomic E-state index is 0.0576. The summed E-state index contributed by atoms with van der Waals surface area (Å²) in [5.41, 5.74) is 1.05. The summed E-state index contributed by atoms with van der Waals surface area (Å²) in [4.78, 5) is 0. The summed E-state index contributed by atoms with van der Waals surface area (Å²) in [6.07, 6.45) is 0. The molecule has 1 atom stereocenters. The zero-order valence-corrected chi connectivity index (χ0v) is 12.5. The molecule has 0 aliphatic heterocycles. The van der Waals surface area contributed by atoms with Gasteiger partial charge in [-0.3, -0.25) is 0 Å². The van der Waals surface area contributed by atoms with Gasteiger partial charge in [-0.2, -0.15) is 0 Å². The van der Waals surface area contributed by atoms with Crippen molar-refractivity contribution in [3.63, 3.8) is 0 Å². The molecule has 19 heavy (non-hydrogen) atoms. The number of halogens is 1. The van der Waals surface area contributed by atoms with Crippen molar-refractivity contribution in [1.29, 1.82) is 0 Å². The van der Waals surface area contributed by atoms with Gasteiger partial charge in [0.1, 0.15) is 0 Å². The van der Waals surface area contributed by atoms with Crippen LogP contribution in [-0.2, 0) is 6.54 Å². The number of aliphatic hydroxyl groups excluding tert-OH is 1. The monoisotopic (exact) mass is 287 g/mol. The fourth-order valence-corrected chi connectivity index (χ4v) is 1.85. The number of rotatable bonds is 8. The quantitative estimate of drug-likeness (QED) is 0.771. The third kappa shape index (κ3) is 4.90. The molecule has 0 aromatic heterocycles. The van der Waals surface area contributed by atoms with Crippen molar-refractivity contribution in [3.05, 3.63) is 22.7 Å². The van der Waals surface area contributed by atoms with Gasteiger partial charge in [0.05, 0.1) is 18.7 Å². The predicted octanol–water partition coefficient (Wildman–Crippen LogP) is 2.47. The largest absolute Gasteiger partial charge is 0.493 e. The molecular formula is C14H22ClNO3. The highest BCUT2D eigenvalue weighted by Crippen LogP contribution is 2.36.